The van der Waals surface area contributed by atoms with Gasteiger partial charge in [-0.15, -0.1) is 11.8 Å². The predicted octanol–water partition coefficient (Wildman–Crippen LogP) is 9.92. The van der Waals surface area contributed by atoms with Crippen LogP contribution in [0.25, 0.3) is 0 Å². The van der Waals surface area contributed by atoms with Crippen LogP contribution in [0.15, 0.2) is 120 Å². The van der Waals surface area contributed by atoms with Gasteiger partial charge in [-0.25, -0.2) is 0 Å². The number of hydrogen-bond donors (Lipinski definition) is 1. The third-order valence-corrected chi connectivity index (χ3v) is 8.38. The van der Waals surface area contributed by atoms with Gasteiger partial charge in [0.2, 0.25) is 0 Å². The minimum atomic E-state index is -0.262. The van der Waals surface area contributed by atoms with Gasteiger partial charge in [-0.05, 0) is 42.5 Å². The Morgan fingerprint density at radius 1 is 0.690 bits per heavy atom. The SMILES string of the molecule is CCCCCCCCC/C=C/C(C/C=C/[C@@H](OCc1ccccc1)[C@@H](N)COCc1ccccc1)Sc1ccccc1. The molecule has 3 nitrogen and oxygen atoms in total. The molecule has 0 aliphatic carbocycles. The van der Waals surface area contributed by atoms with E-state index in [4.69, 9.17) is 15.2 Å². The van der Waals surface area contributed by atoms with Gasteiger partial charge < -0.3 is 15.2 Å². The molecule has 0 aliphatic rings. The first-order chi connectivity index (χ1) is 20.7. The van der Waals surface area contributed by atoms with Gasteiger partial charge in [0, 0.05) is 10.1 Å². The summed E-state index contributed by atoms with van der Waals surface area (Å²) < 4.78 is 12.3. The molecule has 0 amide bonds. The number of thioether (sulfide) groups is 1. The van der Waals surface area contributed by atoms with Crippen molar-refractivity contribution in [2.24, 2.45) is 5.73 Å². The molecule has 4 heteroatoms. The molecule has 1 unspecified atom stereocenters. The molecule has 0 radical (unpaired) electrons. The van der Waals surface area contributed by atoms with Crippen molar-refractivity contribution in [3.63, 3.8) is 0 Å². The van der Waals surface area contributed by atoms with Gasteiger partial charge in [0.05, 0.1) is 32.0 Å². The Morgan fingerprint density at radius 3 is 1.95 bits per heavy atom. The first-order valence-corrected chi connectivity index (χ1v) is 16.7. The molecule has 0 saturated heterocycles. The molecule has 42 heavy (non-hydrogen) atoms. The Bertz CT molecular complexity index is 1100. The summed E-state index contributed by atoms with van der Waals surface area (Å²) in [6, 6.07) is 30.9. The number of benzene rings is 3. The zero-order chi connectivity index (χ0) is 29.5. The van der Waals surface area contributed by atoms with Crippen molar-refractivity contribution in [2.75, 3.05) is 6.61 Å². The lowest BCUT2D eigenvalue weighted by Gasteiger charge is -2.22. The number of rotatable bonds is 22. The van der Waals surface area contributed by atoms with E-state index in [1.165, 1.54) is 49.8 Å². The van der Waals surface area contributed by atoms with Gasteiger partial charge in [0.1, 0.15) is 0 Å². The molecule has 0 heterocycles. The van der Waals surface area contributed by atoms with Crippen LogP contribution in [0.5, 0.6) is 0 Å². The molecular weight excluding hydrogens is 534 g/mol. The monoisotopic (exact) mass is 585 g/mol. The van der Waals surface area contributed by atoms with Crippen LogP contribution in [-0.4, -0.2) is 24.0 Å². The van der Waals surface area contributed by atoms with E-state index >= 15 is 0 Å². The van der Waals surface area contributed by atoms with Crippen LogP contribution in [0, 0.1) is 0 Å². The van der Waals surface area contributed by atoms with E-state index in [9.17, 15) is 0 Å². The molecule has 3 rings (SSSR count). The molecule has 0 aromatic heterocycles. The second kappa shape index (κ2) is 22.0. The van der Waals surface area contributed by atoms with Crippen LogP contribution in [0.4, 0.5) is 0 Å². The Balaban J connectivity index is 1.56. The van der Waals surface area contributed by atoms with Crippen molar-refractivity contribution in [3.05, 3.63) is 126 Å². The standard InChI is InChI=1S/C38H51NO2S/c1-2-3-4-5-6-7-8-9-17-25-36(42-35-26-18-12-19-27-35)28-20-29-38(41-31-34-23-15-11-16-24-34)37(39)32-40-30-33-21-13-10-14-22-33/h10-27,29,36-38H,2-9,28,30-32,39H2,1H3/b25-17+,29-20+/t36?,37-,38+/m0/s1. The van der Waals surface area contributed by atoms with E-state index in [1.54, 1.807) is 0 Å². The number of hydrogen-bond acceptors (Lipinski definition) is 4. The Morgan fingerprint density at radius 2 is 1.29 bits per heavy atom. The highest BCUT2D eigenvalue weighted by Crippen LogP contribution is 2.27. The van der Waals surface area contributed by atoms with Crippen LogP contribution in [0.1, 0.15) is 75.8 Å². The minimum Gasteiger partial charge on any atom is -0.375 e. The van der Waals surface area contributed by atoms with Gasteiger partial charge in [-0.3, -0.25) is 0 Å². The first-order valence-electron chi connectivity index (χ1n) is 15.8. The summed E-state index contributed by atoms with van der Waals surface area (Å²) >= 11 is 1.91. The topological polar surface area (TPSA) is 44.5 Å². The summed E-state index contributed by atoms with van der Waals surface area (Å²) in [5.74, 6) is 0. The molecule has 3 aromatic carbocycles. The van der Waals surface area contributed by atoms with Crippen molar-refractivity contribution in [3.8, 4) is 0 Å². The highest BCUT2D eigenvalue weighted by Gasteiger charge is 2.17. The summed E-state index contributed by atoms with van der Waals surface area (Å²) in [4.78, 5) is 1.29. The number of allylic oxidation sites excluding steroid dienone is 2. The lowest BCUT2D eigenvalue weighted by Crippen LogP contribution is -2.39. The molecule has 0 spiro atoms. The Kier molecular flexibility index (Phi) is 17.7. The van der Waals surface area contributed by atoms with Crippen LogP contribution >= 0.6 is 11.8 Å². The van der Waals surface area contributed by atoms with Crippen LogP contribution in [0.3, 0.4) is 0 Å². The molecule has 226 valence electrons. The molecule has 0 fully saturated rings. The third-order valence-electron chi connectivity index (χ3n) is 7.18. The average Bonchev–Trinajstić information content (AvgIpc) is 3.03. The summed E-state index contributed by atoms with van der Waals surface area (Å²) in [6.07, 6.45) is 20.4. The number of nitrogens with two attached hydrogens (primary N) is 1. The van der Waals surface area contributed by atoms with Crippen molar-refractivity contribution in [1.29, 1.82) is 0 Å². The Hall–Kier alpha value is -2.63. The maximum absolute atomic E-state index is 6.63. The van der Waals surface area contributed by atoms with Crippen LogP contribution < -0.4 is 5.73 Å². The van der Waals surface area contributed by atoms with Gasteiger partial charge in [0.25, 0.3) is 0 Å². The second-order valence-corrected chi connectivity index (χ2v) is 12.2. The van der Waals surface area contributed by atoms with Crippen molar-refractivity contribution in [1.82, 2.24) is 0 Å². The van der Waals surface area contributed by atoms with Crippen molar-refractivity contribution >= 4 is 11.8 Å². The smallest absolute Gasteiger partial charge is 0.0933 e. The van der Waals surface area contributed by atoms with Crippen molar-refractivity contribution in [2.45, 2.75) is 100 Å². The summed E-state index contributed by atoms with van der Waals surface area (Å²) in [6.45, 7) is 3.77. The molecule has 3 atom stereocenters. The van der Waals surface area contributed by atoms with E-state index in [0.717, 1.165) is 24.0 Å². The fraction of sp³-hybridized carbons (Fsp3) is 0.421. The van der Waals surface area contributed by atoms with Crippen molar-refractivity contribution < 1.29 is 9.47 Å². The lowest BCUT2D eigenvalue weighted by atomic mass is 10.1. The third kappa shape index (κ3) is 15.0. The predicted molar refractivity (Wildman–Crippen MR) is 181 cm³/mol. The quantitative estimate of drug-likeness (QED) is 0.0724. The number of unbranched alkanes of at least 4 members (excludes halogenated alkanes) is 7. The molecule has 0 saturated carbocycles. The van der Waals surface area contributed by atoms with E-state index in [2.05, 4.69) is 85.8 Å². The molecule has 0 bridgehead atoms. The van der Waals surface area contributed by atoms with E-state index in [1.807, 2.05) is 48.2 Å². The molecule has 0 aliphatic heterocycles. The summed E-state index contributed by atoms with van der Waals surface area (Å²) in [5.41, 5.74) is 8.91. The minimum absolute atomic E-state index is 0.236. The van der Waals surface area contributed by atoms with E-state index in [0.29, 0.717) is 25.1 Å². The highest BCUT2D eigenvalue weighted by molar-refractivity contribution is 8.00. The maximum atomic E-state index is 6.63. The van der Waals surface area contributed by atoms with Crippen LogP contribution in [0.2, 0.25) is 0 Å². The van der Waals surface area contributed by atoms with E-state index < -0.39 is 0 Å². The highest BCUT2D eigenvalue weighted by atomic mass is 32.2. The van der Waals surface area contributed by atoms with Crippen LogP contribution in [-0.2, 0) is 22.7 Å². The average molecular weight is 586 g/mol. The molecule has 3 aromatic rings. The lowest BCUT2D eigenvalue weighted by molar-refractivity contribution is 0.0184. The fourth-order valence-corrected chi connectivity index (χ4v) is 5.79. The van der Waals surface area contributed by atoms with Gasteiger partial charge in [-0.2, -0.15) is 0 Å². The molecule has 2 N–H and O–H groups in total. The zero-order valence-electron chi connectivity index (χ0n) is 25.5. The first kappa shape index (κ1) is 33.9. The summed E-state index contributed by atoms with van der Waals surface area (Å²) in [7, 11) is 0. The fourth-order valence-electron chi connectivity index (χ4n) is 4.72. The second-order valence-electron chi connectivity index (χ2n) is 10.9. The van der Waals surface area contributed by atoms with Gasteiger partial charge >= 0.3 is 0 Å². The Labute approximate surface area is 259 Å². The largest absolute Gasteiger partial charge is 0.375 e. The number of ether oxygens (including phenoxy) is 2. The summed E-state index contributed by atoms with van der Waals surface area (Å²) in [5, 5.41) is 0.355. The van der Waals surface area contributed by atoms with Gasteiger partial charge in [-0.1, -0.05) is 149 Å². The molecular formula is C38H51NO2S. The van der Waals surface area contributed by atoms with E-state index in [-0.39, 0.29) is 12.1 Å². The van der Waals surface area contributed by atoms with Gasteiger partial charge in [0.15, 0.2) is 0 Å². The normalized spacial score (nSPS) is 14.0. The zero-order valence-corrected chi connectivity index (χ0v) is 26.3. The maximum Gasteiger partial charge on any atom is 0.0933 e.